The van der Waals surface area contributed by atoms with Crippen LogP contribution in [0.2, 0.25) is 10.0 Å². The van der Waals surface area contributed by atoms with Crippen LogP contribution in [0, 0.1) is 0 Å². The average Bonchev–Trinajstić information content (AvgIpc) is 2.29. The van der Waals surface area contributed by atoms with Crippen molar-refractivity contribution in [1.29, 1.82) is 0 Å². The van der Waals surface area contributed by atoms with Crippen molar-refractivity contribution in [2.45, 2.75) is 6.42 Å². The summed E-state index contributed by atoms with van der Waals surface area (Å²) in [5.41, 5.74) is 3.50. The molecule has 0 saturated carbocycles. The fraction of sp³-hybridized carbons (Fsp3) is 0.143. The summed E-state index contributed by atoms with van der Waals surface area (Å²) in [4.78, 5) is 0. The molecule has 3 heteroatoms. The number of alkyl halides is 1. The van der Waals surface area contributed by atoms with Gasteiger partial charge in [0.05, 0.1) is 0 Å². The van der Waals surface area contributed by atoms with E-state index in [4.69, 9.17) is 23.2 Å². The predicted octanol–water partition coefficient (Wildman–Crippen LogP) is 5.60. The smallest absolute Gasteiger partial charge is 0.0426 e. The summed E-state index contributed by atoms with van der Waals surface area (Å²) < 4.78 is 0. The summed E-state index contributed by atoms with van der Waals surface area (Å²) in [6.07, 6.45) is 1.04. The van der Waals surface area contributed by atoms with Crippen molar-refractivity contribution >= 4 is 39.1 Å². The van der Waals surface area contributed by atoms with E-state index in [9.17, 15) is 0 Å². The van der Waals surface area contributed by atoms with Crippen LogP contribution in [0.5, 0.6) is 0 Å². The van der Waals surface area contributed by atoms with E-state index in [0.717, 1.165) is 22.9 Å². The second-order valence-electron chi connectivity index (χ2n) is 3.79. The highest BCUT2D eigenvalue weighted by atomic mass is 79.9. The Morgan fingerprint density at radius 3 is 1.94 bits per heavy atom. The van der Waals surface area contributed by atoms with Crippen molar-refractivity contribution in [3.05, 3.63) is 58.1 Å². The molecule has 0 atom stereocenters. The first-order valence-corrected chi connectivity index (χ1v) is 7.18. The Balaban J connectivity index is 2.32. The van der Waals surface area contributed by atoms with E-state index in [1.165, 1.54) is 5.56 Å². The third-order valence-corrected chi connectivity index (χ3v) is 3.37. The molecule has 0 aromatic heterocycles. The predicted molar refractivity (Wildman–Crippen MR) is 79.4 cm³/mol. The van der Waals surface area contributed by atoms with Crippen LogP contribution in [0.3, 0.4) is 0 Å². The quantitative estimate of drug-likeness (QED) is 0.643. The van der Waals surface area contributed by atoms with Crippen LogP contribution in [-0.4, -0.2) is 5.33 Å². The van der Waals surface area contributed by atoms with Crippen molar-refractivity contribution in [2.24, 2.45) is 0 Å². The van der Waals surface area contributed by atoms with Gasteiger partial charge in [-0.15, -0.1) is 0 Å². The third-order valence-electron chi connectivity index (χ3n) is 2.53. The lowest BCUT2D eigenvalue weighted by Crippen LogP contribution is -1.85. The molecule has 2 aromatic carbocycles. The van der Waals surface area contributed by atoms with Crippen molar-refractivity contribution in [3.63, 3.8) is 0 Å². The van der Waals surface area contributed by atoms with Gasteiger partial charge in [-0.1, -0.05) is 63.4 Å². The van der Waals surface area contributed by atoms with Crippen LogP contribution >= 0.6 is 39.1 Å². The van der Waals surface area contributed by atoms with Gasteiger partial charge >= 0.3 is 0 Å². The molecule has 0 nitrogen and oxygen atoms in total. The van der Waals surface area contributed by atoms with Gasteiger partial charge in [0.25, 0.3) is 0 Å². The van der Waals surface area contributed by atoms with Gasteiger partial charge in [-0.25, -0.2) is 0 Å². The van der Waals surface area contributed by atoms with Crippen LogP contribution in [0.1, 0.15) is 5.56 Å². The Morgan fingerprint density at radius 1 is 0.824 bits per heavy atom. The second kappa shape index (κ2) is 5.90. The summed E-state index contributed by atoms with van der Waals surface area (Å²) >= 11 is 15.4. The van der Waals surface area contributed by atoms with E-state index in [-0.39, 0.29) is 0 Å². The van der Waals surface area contributed by atoms with E-state index in [2.05, 4.69) is 40.2 Å². The molecular formula is C14H11BrCl2. The Labute approximate surface area is 120 Å². The topological polar surface area (TPSA) is 0 Å². The van der Waals surface area contributed by atoms with E-state index in [0.29, 0.717) is 10.0 Å². The molecular weight excluding hydrogens is 319 g/mol. The zero-order chi connectivity index (χ0) is 12.3. The highest BCUT2D eigenvalue weighted by Crippen LogP contribution is 2.27. The third kappa shape index (κ3) is 3.48. The molecule has 0 heterocycles. The van der Waals surface area contributed by atoms with E-state index < -0.39 is 0 Å². The molecule has 17 heavy (non-hydrogen) atoms. The minimum absolute atomic E-state index is 0.664. The number of halogens is 3. The van der Waals surface area contributed by atoms with Crippen molar-refractivity contribution < 1.29 is 0 Å². The molecule has 0 fully saturated rings. The summed E-state index contributed by atoms with van der Waals surface area (Å²) in [5.74, 6) is 0. The molecule has 0 saturated heterocycles. The lowest BCUT2D eigenvalue weighted by molar-refractivity contribution is 1.17. The van der Waals surface area contributed by atoms with Gasteiger partial charge in [0.2, 0.25) is 0 Å². The maximum absolute atomic E-state index is 5.99. The molecule has 0 amide bonds. The molecule has 2 rings (SSSR count). The Bertz CT molecular complexity index is 486. The van der Waals surface area contributed by atoms with Crippen LogP contribution < -0.4 is 0 Å². The molecule has 0 aliphatic heterocycles. The number of hydrogen-bond donors (Lipinski definition) is 0. The van der Waals surface area contributed by atoms with E-state index in [1.807, 2.05) is 12.1 Å². The molecule has 0 N–H and O–H groups in total. The maximum atomic E-state index is 5.99. The summed E-state index contributed by atoms with van der Waals surface area (Å²) in [5, 5.41) is 2.31. The average molecular weight is 330 g/mol. The SMILES string of the molecule is Clc1cc(Cl)cc(-c2ccc(CCBr)cc2)c1. The van der Waals surface area contributed by atoms with Gasteiger partial charge in [-0.05, 0) is 41.3 Å². The van der Waals surface area contributed by atoms with E-state index in [1.54, 1.807) is 6.07 Å². The fourth-order valence-electron chi connectivity index (χ4n) is 1.69. The number of hydrogen-bond acceptors (Lipinski definition) is 0. The zero-order valence-corrected chi connectivity index (χ0v) is 12.2. The minimum Gasteiger partial charge on any atom is -0.0924 e. The fourth-order valence-corrected chi connectivity index (χ4v) is 2.68. The summed E-state index contributed by atoms with van der Waals surface area (Å²) in [7, 11) is 0. The van der Waals surface area contributed by atoms with E-state index >= 15 is 0 Å². The lowest BCUT2D eigenvalue weighted by Gasteiger charge is -2.05. The van der Waals surface area contributed by atoms with Gasteiger partial charge in [0, 0.05) is 15.4 Å². The van der Waals surface area contributed by atoms with Gasteiger partial charge < -0.3 is 0 Å². The molecule has 0 radical (unpaired) electrons. The number of benzene rings is 2. The normalized spacial score (nSPS) is 10.5. The Hall–Kier alpha value is -0.500. The summed E-state index contributed by atoms with van der Waals surface area (Å²) in [6.45, 7) is 0. The highest BCUT2D eigenvalue weighted by molar-refractivity contribution is 9.09. The summed E-state index contributed by atoms with van der Waals surface area (Å²) in [6, 6.07) is 14.0. The molecule has 0 aliphatic rings. The minimum atomic E-state index is 0.664. The lowest BCUT2D eigenvalue weighted by atomic mass is 10.0. The molecule has 0 aliphatic carbocycles. The van der Waals surface area contributed by atoms with Crippen LogP contribution in [-0.2, 0) is 6.42 Å². The molecule has 0 spiro atoms. The Kier molecular flexibility index (Phi) is 4.49. The van der Waals surface area contributed by atoms with Gasteiger partial charge in [0.1, 0.15) is 0 Å². The van der Waals surface area contributed by atoms with Crippen LogP contribution in [0.4, 0.5) is 0 Å². The van der Waals surface area contributed by atoms with Crippen molar-refractivity contribution in [1.82, 2.24) is 0 Å². The van der Waals surface area contributed by atoms with Gasteiger partial charge in [0.15, 0.2) is 0 Å². The largest absolute Gasteiger partial charge is 0.0924 e. The molecule has 2 aromatic rings. The Morgan fingerprint density at radius 2 is 1.41 bits per heavy atom. The standard InChI is InChI=1S/C14H11BrCl2/c15-6-5-10-1-3-11(4-2-10)12-7-13(16)9-14(17)8-12/h1-4,7-9H,5-6H2. The van der Waals surface area contributed by atoms with Gasteiger partial charge in [-0.2, -0.15) is 0 Å². The highest BCUT2D eigenvalue weighted by Gasteiger charge is 2.01. The zero-order valence-electron chi connectivity index (χ0n) is 9.09. The monoisotopic (exact) mass is 328 g/mol. The number of aryl methyl sites for hydroxylation is 1. The maximum Gasteiger partial charge on any atom is 0.0426 e. The van der Waals surface area contributed by atoms with Crippen molar-refractivity contribution in [3.8, 4) is 11.1 Å². The van der Waals surface area contributed by atoms with Crippen LogP contribution in [0.25, 0.3) is 11.1 Å². The first-order valence-electron chi connectivity index (χ1n) is 5.30. The first kappa shape index (κ1) is 12.9. The van der Waals surface area contributed by atoms with Crippen molar-refractivity contribution in [2.75, 3.05) is 5.33 Å². The number of rotatable bonds is 3. The molecule has 0 unspecified atom stereocenters. The second-order valence-corrected chi connectivity index (χ2v) is 5.46. The first-order chi connectivity index (χ1) is 8.19. The molecule has 88 valence electrons. The van der Waals surface area contributed by atoms with Crippen LogP contribution in [0.15, 0.2) is 42.5 Å². The van der Waals surface area contributed by atoms with Gasteiger partial charge in [-0.3, -0.25) is 0 Å². The molecule has 0 bridgehead atoms.